The molecule has 2 heteroatoms. The molecule has 78 valence electrons. The minimum atomic E-state index is 0.352. The van der Waals surface area contributed by atoms with Crippen molar-refractivity contribution in [2.75, 3.05) is 0 Å². The van der Waals surface area contributed by atoms with E-state index in [9.17, 15) is 0 Å². The summed E-state index contributed by atoms with van der Waals surface area (Å²) in [6, 6.07) is 8.65. The van der Waals surface area contributed by atoms with Crippen molar-refractivity contribution in [2.45, 2.75) is 19.8 Å². The van der Waals surface area contributed by atoms with E-state index in [2.05, 4.69) is 47.7 Å². The van der Waals surface area contributed by atoms with Crippen LogP contribution in [0.4, 0.5) is 0 Å². The lowest BCUT2D eigenvalue weighted by Gasteiger charge is -2.11. The zero-order valence-electron chi connectivity index (χ0n) is 9.44. The predicted octanol–water partition coefficient (Wildman–Crippen LogP) is 2.88. The molecular weight excluding hydrogens is 184 g/mol. The normalized spacial score (nSPS) is 12.7. The minimum Gasteiger partial charge on any atom is -0.338 e. The third-order valence-electron chi connectivity index (χ3n) is 2.82. The first-order valence-electron chi connectivity index (χ1n) is 5.22. The number of aryl methyl sites for hydroxylation is 2. The Hall–Kier alpha value is -1.57. The Morgan fingerprint density at radius 3 is 2.40 bits per heavy atom. The van der Waals surface area contributed by atoms with E-state index in [1.165, 1.54) is 11.1 Å². The Morgan fingerprint density at radius 1 is 1.20 bits per heavy atom. The molecule has 1 aromatic heterocycles. The van der Waals surface area contributed by atoms with Gasteiger partial charge in [-0.2, -0.15) is 0 Å². The summed E-state index contributed by atoms with van der Waals surface area (Å²) in [5.41, 5.74) is 2.61. The van der Waals surface area contributed by atoms with Gasteiger partial charge in [-0.1, -0.05) is 36.8 Å². The fourth-order valence-corrected chi connectivity index (χ4v) is 1.80. The SMILES string of the molecule is Cc1ccc(C(C)c2nccn2C)cc1. The first kappa shape index (κ1) is 9.97. The van der Waals surface area contributed by atoms with Crippen molar-refractivity contribution >= 4 is 0 Å². The van der Waals surface area contributed by atoms with Crippen LogP contribution in [0.15, 0.2) is 36.7 Å². The van der Waals surface area contributed by atoms with Crippen LogP contribution in [0, 0.1) is 6.92 Å². The minimum absolute atomic E-state index is 0.352. The van der Waals surface area contributed by atoms with Gasteiger partial charge in [0, 0.05) is 25.4 Å². The molecule has 1 unspecified atom stereocenters. The van der Waals surface area contributed by atoms with Crippen LogP contribution in [0.2, 0.25) is 0 Å². The number of aromatic nitrogens is 2. The Morgan fingerprint density at radius 2 is 1.87 bits per heavy atom. The van der Waals surface area contributed by atoms with E-state index in [4.69, 9.17) is 0 Å². The summed E-state index contributed by atoms with van der Waals surface area (Å²) in [6.45, 7) is 4.29. The molecule has 0 radical (unpaired) electrons. The number of nitrogens with zero attached hydrogens (tertiary/aromatic N) is 2. The second-order valence-electron chi connectivity index (χ2n) is 4.03. The molecule has 2 rings (SSSR count). The molecule has 0 aliphatic heterocycles. The molecule has 0 bridgehead atoms. The summed E-state index contributed by atoms with van der Waals surface area (Å²) in [5.74, 6) is 1.46. The van der Waals surface area contributed by atoms with Gasteiger partial charge in [-0.15, -0.1) is 0 Å². The van der Waals surface area contributed by atoms with Crippen LogP contribution in [-0.4, -0.2) is 9.55 Å². The molecule has 0 spiro atoms. The maximum atomic E-state index is 4.38. The Kier molecular flexibility index (Phi) is 2.58. The molecule has 2 nitrogen and oxygen atoms in total. The first-order valence-corrected chi connectivity index (χ1v) is 5.22. The predicted molar refractivity (Wildman–Crippen MR) is 61.9 cm³/mol. The van der Waals surface area contributed by atoms with Crippen molar-refractivity contribution in [1.29, 1.82) is 0 Å². The molecule has 15 heavy (non-hydrogen) atoms. The first-order chi connectivity index (χ1) is 7.18. The highest BCUT2D eigenvalue weighted by Gasteiger charge is 2.11. The Balaban J connectivity index is 2.32. The van der Waals surface area contributed by atoms with Gasteiger partial charge in [0.1, 0.15) is 5.82 Å². The van der Waals surface area contributed by atoms with Gasteiger partial charge in [0.25, 0.3) is 0 Å². The lowest BCUT2D eigenvalue weighted by Crippen LogP contribution is -2.04. The van der Waals surface area contributed by atoms with Gasteiger partial charge in [0.15, 0.2) is 0 Å². The molecule has 1 aromatic carbocycles. The second-order valence-corrected chi connectivity index (χ2v) is 4.03. The van der Waals surface area contributed by atoms with Crippen molar-refractivity contribution in [3.63, 3.8) is 0 Å². The molecule has 2 aromatic rings. The van der Waals surface area contributed by atoms with E-state index in [-0.39, 0.29) is 0 Å². The van der Waals surface area contributed by atoms with Gasteiger partial charge in [-0.25, -0.2) is 4.98 Å². The topological polar surface area (TPSA) is 17.8 Å². The van der Waals surface area contributed by atoms with Gasteiger partial charge in [-0.05, 0) is 12.5 Å². The fraction of sp³-hybridized carbons (Fsp3) is 0.308. The monoisotopic (exact) mass is 200 g/mol. The number of benzene rings is 1. The average Bonchev–Trinajstić information content (AvgIpc) is 2.65. The summed E-state index contributed by atoms with van der Waals surface area (Å²) in [5, 5.41) is 0. The van der Waals surface area contributed by atoms with E-state index in [0.717, 1.165) is 5.82 Å². The average molecular weight is 200 g/mol. The standard InChI is InChI=1S/C13H16N2/c1-10-4-6-12(7-5-10)11(2)13-14-8-9-15(13)3/h4-9,11H,1-3H3. The lowest BCUT2D eigenvalue weighted by molar-refractivity contribution is 0.739. The van der Waals surface area contributed by atoms with E-state index in [0.29, 0.717) is 5.92 Å². The molecule has 0 fully saturated rings. The zero-order valence-corrected chi connectivity index (χ0v) is 9.44. The van der Waals surface area contributed by atoms with Gasteiger partial charge in [0.2, 0.25) is 0 Å². The molecular formula is C13H16N2. The Bertz CT molecular complexity index is 440. The fourth-order valence-electron chi connectivity index (χ4n) is 1.80. The number of rotatable bonds is 2. The van der Waals surface area contributed by atoms with Crippen molar-refractivity contribution in [3.05, 3.63) is 53.6 Å². The summed E-state index contributed by atoms with van der Waals surface area (Å²) < 4.78 is 2.07. The highest BCUT2D eigenvalue weighted by atomic mass is 15.0. The Labute approximate surface area is 90.6 Å². The van der Waals surface area contributed by atoms with Gasteiger partial charge in [-0.3, -0.25) is 0 Å². The van der Waals surface area contributed by atoms with Crippen molar-refractivity contribution in [2.24, 2.45) is 7.05 Å². The highest BCUT2D eigenvalue weighted by molar-refractivity contribution is 5.28. The van der Waals surface area contributed by atoms with Crippen molar-refractivity contribution < 1.29 is 0 Å². The maximum absolute atomic E-state index is 4.38. The second kappa shape index (κ2) is 3.89. The molecule has 1 heterocycles. The summed E-state index contributed by atoms with van der Waals surface area (Å²) >= 11 is 0. The number of imidazole rings is 1. The van der Waals surface area contributed by atoms with Crippen LogP contribution in [0.1, 0.15) is 29.8 Å². The van der Waals surface area contributed by atoms with E-state index >= 15 is 0 Å². The maximum Gasteiger partial charge on any atom is 0.115 e. The van der Waals surface area contributed by atoms with Crippen LogP contribution >= 0.6 is 0 Å². The van der Waals surface area contributed by atoms with E-state index < -0.39 is 0 Å². The van der Waals surface area contributed by atoms with E-state index in [1.54, 1.807) is 0 Å². The molecule has 0 saturated heterocycles. The summed E-state index contributed by atoms with van der Waals surface area (Å²) in [7, 11) is 2.03. The highest BCUT2D eigenvalue weighted by Crippen LogP contribution is 2.22. The van der Waals surface area contributed by atoms with Gasteiger partial charge < -0.3 is 4.57 Å². The largest absolute Gasteiger partial charge is 0.338 e. The van der Waals surface area contributed by atoms with Gasteiger partial charge >= 0.3 is 0 Å². The van der Waals surface area contributed by atoms with Crippen molar-refractivity contribution in [3.8, 4) is 0 Å². The molecule has 0 amide bonds. The van der Waals surface area contributed by atoms with Crippen LogP contribution < -0.4 is 0 Å². The lowest BCUT2D eigenvalue weighted by atomic mass is 9.99. The molecule has 0 N–H and O–H groups in total. The number of hydrogen-bond donors (Lipinski definition) is 0. The molecule has 0 saturated carbocycles. The summed E-state index contributed by atoms with van der Waals surface area (Å²) in [6.07, 6.45) is 3.83. The zero-order chi connectivity index (χ0) is 10.8. The van der Waals surface area contributed by atoms with Crippen LogP contribution in [0.3, 0.4) is 0 Å². The van der Waals surface area contributed by atoms with Crippen LogP contribution in [0.5, 0.6) is 0 Å². The quantitative estimate of drug-likeness (QED) is 0.729. The molecule has 0 aliphatic rings. The molecule has 1 atom stereocenters. The summed E-state index contributed by atoms with van der Waals surface area (Å²) in [4.78, 5) is 4.38. The third kappa shape index (κ3) is 1.94. The molecule has 0 aliphatic carbocycles. The number of hydrogen-bond acceptors (Lipinski definition) is 1. The van der Waals surface area contributed by atoms with Crippen molar-refractivity contribution in [1.82, 2.24) is 9.55 Å². The third-order valence-corrected chi connectivity index (χ3v) is 2.82. The van der Waals surface area contributed by atoms with Gasteiger partial charge in [0.05, 0.1) is 0 Å². The van der Waals surface area contributed by atoms with Crippen LogP contribution in [0.25, 0.3) is 0 Å². The van der Waals surface area contributed by atoms with Crippen LogP contribution in [-0.2, 0) is 7.05 Å². The smallest absolute Gasteiger partial charge is 0.115 e. The van der Waals surface area contributed by atoms with E-state index in [1.807, 2.05) is 19.4 Å².